The van der Waals surface area contributed by atoms with E-state index in [-0.39, 0.29) is 20.2 Å². The number of benzene rings is 1. The lowest BCUT2D eigenvalue weighted by atomic mass is 10.2. The summed E-state index contributed by atoms with van der Waals surface area (Å²) in [5.41, 5.74) is -0.0447. The molecule has 1 saturated carbocycles. The van der Waals surface area contributed by atoms with E-state index in [1.165, 1.54) is 12.1 Å². The first-order valence-corrected chi connectivity index (χ1v) is 8.96. The van der Waals surface area contributed by atoms with Gasteiger partial charge < -0.3 is 5.11 Å². The first-order chi connectivity index (χ1) is 9.30. The molecule has 1 aliphatic carbocycles. The third-order valence-electron chi connectivity index (χ3n) is 3.29. The number of hydrogen-bond acceptors (Lipinski definition) is 4. The van der Waals surface area contributed by atoms with Gasteiger partial charge in [0.05, 0.1) is 10.6 Å². The summed E-state index contributed by atoms with van der Waals surface area (Å²) in [5, 5.41) is 8.74. The highest BCUT2D eigenvalue weighted by Gasteiger charge is 2.42. The molecule has 1 aromatic carbocycles. The van der Waals surface area contributed by atoms with Crippen LogP contribution in [0.3, 0.4) is 0 Å². The highest BCUT2D eigenvalue weighted by atomic mass is 35.5. The second-order valence-corrected chi connectivity index (χ2v) is 8.08. The molecule has 0 radical (unpaired) electrons. The van der Waals surface area contributed by atoms with Crippen LogP contribution in [0.4, 0.5) is 0 Å². The number of nitrogens with one attached hydrogen (secondary N) is 1. The van der Waals surface area contributed by atoms with E-state index in [4.69, 9.17) is 16.7 Å². The Morgan fingerprint density at radius 1 is 1.50 bits per heavy atom. The molecule has 0 spiro atoms. The first kappa shape index (κ1) is 15.6. The van der Waals surface area contributed by atoms with Crippen molar-refractivity contribution in [1.82, 2.24) is 4.72 Å². The minimum absolute atomic E-state index is 0.000547. The van der Waals surface area contributed by atoms with E-state index in [9.17, 15) is 13.2 Å². The molecule has 0 unspecified atom stereocenters. The van der Waals surface area contributed by atoms with Gasteiger partial charge in [0.2, 0.25) is 10.0 Å². The van der Waals surface area contributed by atoms with Gasteiger partial charge in [-0.2, -0.15) is 11.8 Å². The maximum absolute atomic E-state index is 12.2. The smallest absolute Gasteiger partial charge is 0.335 e. The standard InChI is InChI=1S/C12H14ClNO4S2/c1-19-12(4-5-12)7-14-20(17,18)10-3-2-8(11(15)16)6-9(10)13/h2-3,6,14H,4-5,7H2,1H3,(H,15,16). The Morgan fingerprint density at radius 3 is 2.60 bits per heavy atom. The maximum Gasteiger partial charge on any atom is 0.335 e. The van der Waals surface area contributed by atoms with E-state index in [0.29, 0.717) is 6.54 Å². The summed E-state index contributed by atoms with van der Waals surface area (Å²) in [5.74, 6) is -1.15. The second-order valence-electron chi connectivity index (χ2n) is 4.66. The first-order valence-electron chi connectivity index (χ1n) is 5.87. The second kappa shape index (κ2) is 5.55. The summed E-state index contributed by atoms with van der Waals surface area (Å²) in [4.78, 5) is 10.7. The molecular weight excluding hydrogens is 322 g/mol. The van der Waals surface area contributed by atoms with E-state index in [1.54, 1.807) is 11.8 Å². The lowest BCUT2D eigenvalue weighted by molar-refractivity contribution is 0.0696. The van der Waals surface area contributed by atoms with Crippen LogP contribution in [0.2, 0.25) is 5.02 Å². The molecule has 0 atom stereocenters. The lowest BCUT2D eigenvalue weighted by Gasteiger charge is -2.14. The van der Waals surface area contributed by atoms with Gasteiger partial charge in [-0.3, -0.25) is 0 Å². The van der Waals surface area contributed by atoms with Gasteiger partial charge in [-0.05, 0) is 37.3 Å². The lowest BCUT2D eigenvalue weighted by Crippen LogP contribution is -2.32. The Kier molecular flexibility index (Phi) is 4.34. The number of carboxylic acid groups (broad SMARTS) is 1. The molecule has 1 aromatic rings. The van der Waals surface area contributed by atoms with E-state index in [2.05, 4.69) is 4.72 Å². The predicted molar refractivity (Wildman–Crippen MR) is 79.1 cm³/mol. The third-order valence-corrected chi connectivity index (χ3v) is 6.60. The van der Waals surface area contributed by atoms with Gasteiger partial charge in [0, 0.05) is 11.3 Å². The van der Waals surface area contributed by atoms with Crippen LogP contribution in [-0.4, -0.2) is 37.0 Å². The van der Waals surface area contributed by atoms with E-state index in [0.717, 1.165) is 18.9 Å². The molecule has 0 heterocycles. The van der Waals surface area contributed by atoms with E-state index >= 15 is 0 Å². The van der Waals surface area contributed by atoms with Crippen molar-refractivity contribution in [2.45, 2.75) is 22.5 Å². The molecule has 0 bridgehead atoms. The Morgan fingerprint density at radius 2 is 2.15 bits per heavy atom. The minimum Gasteiger partial charge on any atom is -0.478 e. The number of carbonyl (C=O) groups is 1. The normalized spacial score (nSPS) is 16.9. The summed E-state index contributed by atoms with van der Waals surface area (Å²) in [6.07, 6.45) is 3.93. The van der Waals surface area contributed by atoms with Crippen LogP contribution >= 0.6 is 23.4 Å². The zero-order chi connectivity index (χ0) is 15.0. The van der Waals surface area contributed by atoms with Gasteiger partial charge in [0.25, 0.3) is 0 Å². The molecule has 5 nitrogen and oxygen atoms in total. The van der Waals surface area contributed by atoms with Gasteiger partial charge in [-0.25, -0.2) is 17.9 Å². The molecule has 0 amide bonds. The fourth-order valence-electron chi connectivity index (χ4n) is 1.75. The van der Waals surface area contributed by atoms with Crippen molar-refractivity contribution in [1.29, 1.82) is 0 Å². The number of rotatable bonds is 6. The van der Waals surface area contributed by atoms with Crippen LogP contribution in [0.5, 0.6) is 0 Å². The van der Waals surface area contributed by atoms with Crippen LogP contribution in [-0.2, 0) is 10.0 Å². The number of hydrogen-bond donors (Lipinski definition) is 2. The molecule has 0 saturated heterocycles. The monoisotopic (exact) mass is 335 g/mol. The fourth-order valence-corrected chi connectivity index (χ4v) is 4.24. The summed E-state index contributed by atoms with van der Waals surface area (Å²) >= 11 is 7.52. The molecule has 20 heavy (non-hydrogen) atoms. The Labute approximate surface area is 126 Å². The van der Waals surface area contributed by atoms with Crippen LogP contribution in [0.25, 0.3) is 0 Å². The highest BCUT2D eigenvalue weighted by molar-refractivity contribution is 8.00. The fraction of sp³-hybridized carbons (Fsp3) is 0.417. The van der Waals surface area contributed by atoms with Crippen molar-refractivity contribution < 1.29 is 18.3 Å². The quantitative estimate of drug-likeness (QED) is 0.832. The van der Waals surface area contributed by atoms with E-state index < -0.39 is 16.0 Å². The molecule has 2 N–H and O–H groups in total. The van der Waals surface area contributed by atoms with Crippen molar-refractivity contribution in [3.8, 4) is 0 Å². The van der Waals surface area contributed by atoms with Crippen LogP contribution < -0.4 is 4.72 Å². The van der Waals surface area contributed by atoms with E-state index in [1.807, 2.05) is 6.26 Å². The number of aromatic carboxylic acids is 1. The number of halogens is 1. The molecule has 2 rings (SSSR count). The SMILES string of the molecule is CSC1(CNS(=O)(=O)c2ccc(C(=O)O)cc2Cl)CC1. The summed E-state index contributed by atoms with van der Waals surface area (Å²) in [7, 11) is -3.72. The highest BCUT2D eigenvalue weighted by Crippen LogP contribution is 2.46. The van der Waals surface area contributed by atoms with Crippen molar-refractivity contribution in [3.63, 3.8) is 0 Å². The zero-order valence-corrected chi connectivity index (χ0v) is 13.1. The van der Waals surface area contributed by atoms with Crippen molar-refractivity contribution in [3.05, 3.63) is 28.8 Å². The van der Waals surface area contributed by atoms with Crippen molar-refractivity contribution >= 4 is 39.4 Å². The van der Waals surface area contributed by atoms with Gasteiger partial charge in [-0.15, -0.1) is 0 Å². The van der Waals surface area contributed by atoms with Crippen LogP contribution in [0.15, 0.2) is 23.1 Å². The summed E-state index contributed by atoms with van der Waals surface area (Å²) in [6.45, 7) is 0.355. The van der Waals surface area contributed by atoms with Crippen molar-refractivity contribution in [2.75, 3.05) is 12.8 Å². The number of sulfonamides is 1. The van der Waals surface area contributed by atoms with Crippen LogP contribution in [0, 0.1) is 0 Å². The Hall–Kier alpha value is -0.760. The summed E-state index contributed by atoms with van der Waals surface area (Å²) < 4.78 is 26.9. The molecular formula is C12H14ClNO4S2. The van der Waals surface area contributed by atoms with Gasteiger partial charge in [-0.1, -0.05) is 11.6 Å². The maximum atomic E-state index is 12.2. The Balaban J connectivity index is 2.19. The third kappa shape index (κ3) is 3.28. The van der Waals surface area contributed by atoms with Crippen LogP contribution in [0.1, 0.15) is 23.2 Å². The molecule has 8 heteroatoms. The molecule has 0 aliphatic heterocycles. The summed E-state index contributed by atoms with van der Waals surface area (Å²) in [6, 6.07) is 3.58. The molecule has 1 fully saturated rings. The zero-order valence-electron chi connectivity index (χ0n) is 10.7. The Bertz CT molecular complexity index is 641. The molecule has 0 aromatic heterocycles. The minimum atomic E-state index is -3.72. The topological polar surface area (TPSA) is 83.5 Å². The van der Waals surface area contributed by atoms with Gasteiger partial charge >= 0.3 is 5.97 Å². The van der Waals surface area contributed by atoms with Crippen molar-refractivity contribution in [2.24, 2.45) is 0 Å². The predicted octanol–water partition coefficient (Wildman–Crippen LogP) is 2.21. The molecule has 110 valence electrons. The number of carboxylic acids is 1. The average molecular weight is 336 g/mol. The van der Waals surface area contributed by atoms with Gasteiger partial charge in [0.1, 0.15) is 4.90 Å². The largest absolute Gasteiger partial charge is 0.478 e. The average Bonchev–Trinajstić information content (AvgIpc) is 3.17. The molecule has 1 aliphatic rings. The van der Waals surface area contributed by atoms with Gasteiger partial charge in [0.15, 0.2) is 0 Å². The number of thioether (sulfide) groups is 1.